The molecule has 2 N–H and O–H groups in total. The first kappa shape index (κ1) is 14.9. The predicted octanol–water partition coefficient (Wildman–Crippen LogP) is 5.36. The highest BCUT2D eigenvalue weighted by Crippen LogP contribution is 2.25. The summed E-state index contributed by atoms with van der Waals surface area (Å²) in [6, 6.07) is 10.7. The van der Waals surface area contributed by atoms with Crippen molar-refractivity contribution in [3.05, 3.63) is 57.0 Å². The molecule has 0 fully saturated rings. The molecule has 0 radical (unpaired) electrons. The third-order valence-corrected chi connectivity index (χ3v) is 4.17. The average Bonchev–Trinajstić information content (AvgIpc) is 2.38. The Morgan fingerprint density at radius 2 is 1.60 bits per heavy atom. The van der Waals surface area contributed by atoms with Crippen LogP contribution in [0.15, 0.2) is 40.9 Å². The second kappa shape index (κ2) is 6.29. The number of rotatable bonds is 2. The second-order valence-electron chi connectivity index (χ2n) is 4.51. The van der Waals surface area contributed by atoms with Gasteiger partial charge in [-0.25, -0.2) is 4.79 Å². The van der Waals surface area contributed by atoms with Crippen molar-refractivity contribution in [3.8, 4) is 0 Å². The fourth-order valence-electron chi connectivity index (χ4n) is 1.69. The van der Waals surface area contributed by atoms with E-state index in [1.807, 2.05) is 32.0 Å². The number of urea groups is 1. The SMILES string of the molecule is Cc1ccc(NC(=O)Nc2ccc(Br)c(Cl)c2)cc1C. The summed E-state index contributed by atoms with van der Waals surface area (Å²) in [7, 11) is 0. The van der Waals surface area contributed by atoms with Gasteiger partial charge in [-0.2, -0.15) is 0 Å². The van der Waals surface area contributed by atoms with Gasteiger partial charge in [-0.3, -0.25) is 0 Å². The van der Waals surface area contributed by atoms with E-state index in [9.17, 15) is 4.79 Å². The van der Waals surface area contributed by atoms with E-state index in [-0.39, 0.29) is 6.03 Å². The Hall–Kier alpha value is -1.52. The van der Waals surface area contributed by atoms with Gasteiger partial charge in [0, 0.05) is 15.8 Å². The van der Waals surface area contributed by atoms with Crippen molar-refractivity contribution in [1.29, 1.82) is 0 Å². The highest BCUT2D eigenvalue weighted by atomic mass is 79.9. The van der Waals surface area contributed by atoms with Crippen molar-refractivity contribution >= 4 is 44.9 Å². The minimum atomic E-state index is -0.299. The monoisotopic (exact) mass is 352 g/mol. The number of nitrogens with one attached hydrogen (secondary N) is 2. The zero-order valence-corrected chi connectivity index (χ0v) is 13.5. The fourth-order valence-corrected chi connectivity index (χ4v) is 2.11. The Labute approximate surface area is 131 Å². The number of anilines is 2. The lowest BCUT2D eigenvalue weighted by Gasteiger charge is -2.10. The molecule has 0 heterocycles. The van der Waals surface area contributed by atoms with Gasteiger partial charge in [-0.1, -0.05) is 17.7 Å². The summed E-state index contributed by atoms with van der Waals surface area (Å²) in [5.41, 5.74) is 3.72. The lowest BCUT2D eigenvalue weighted by atomic mass is 10.1. The molecule has 2 aromatic rings. The number of hydrogen-bond acceptors (Lipinski definition) is 1. The van der Waals surface area contributed by atoms with Gasteiger partial charge in [0.2, 0.25) is 0 Å². The summed E-state index contributed by atoms with van der Waals surface area (Å²) in [4.78, 5) is 11.9. The van der Waals surface area contributed by atoms with E-state index in [2.05, 4.69) is 26.6 Å². The molecule has 0 unspecified atom stereocenters. The lowest BCUT2D eigenvalue weighted by molar-refractivity contribution is 0.262. The number of amides is 2. The third kappa shape index (κ3) is 3.74. The smallest absolute Gasteiger partial charge is 0.308 e. The minimum absolute atomic E-state index is 0.299. The molecule has 0 atom stereocenters. The first-order valence-electron chi connectivity index (χ1n) is 6.06. The maximum Gasteiger partial charge on any atom is 0.323 e. The van der Waals surface area contributed by atoms with Crippen molar-refractivity contribution in [3.63, 3.8) is 0 Å². The van der Waals surface area contributed by atoms with Crippen molar-refractivity contribution in [2.24, 2.45) is 0 Å². The standard InChI is InChI=1S/C15H14BrClN2O/c1-9-3-4-11(7-10(9)2)18-15(20)19-12-5-6-13(16)14(17)8-12/h3-8H,1-2H3,(H2,18,19,20). The van der Waals surface area contributed by atoms with Gasteiger partial charge in [0.05, 0.1) is 5.02 Å². The summed E-state index contributed by atoms with van der Waals surface area (Å²) in [6.07, 6.45) is 0. The number of hydrogen-bond donors (Lipinski definition) is 2. The topological polar surface area (TPSA) is 41.1 Å². The van der Waals surface area contributed by atoms with Crippen molar-refractivity contribution in [2.45, 2.75) is 13.8 Å². The van der Waals surface area contributed by atoms with Gasteiger partial charge in [0.15, 0.2) is 0 Å². The summed E-state index contributed by atoms with van der Waals surface area (Å²) in [5, 5.41) is 6.07. The van der Waals surface area contributed by atoms with Crippen molar-refractivity contribution in [2.75, 3.05) is 10.6 Å². The fraction of sp³-hybridized carbons (Fsp3) is 0.133. The molecule has 20 heavy (non-hydrogen) atoms. The molecule has 2 rings (SSSR count). The molecule has 3 nitrogen and oxygen atoms in total. The van der Waals surface area contributed by atoms with E-state index in [4.69, 9.17) is 11.6 Å². The lowest BCUT2D eigenvalue weighted by Crippen LogP contribution is -2.19. The van der Waals surface area contributed by atoms with E-state index in [1.165, 1.54) is 5.56 Å². The van der Waals surface area contributed by atoms with Crippen LogP contribution in [0.1, 0.15) is 11.1 Å². The molecule has 0 aliphatic rings. The van der Waals surface area contributed by atoms with E-state index in [1.54, 1.807) is 18.2 Å². The van der Waals surface area contributed by atoms with Crippen LogP contribution in [-0.4, -0.2) is 6.03 Å². The Balaban J connectivity index is 2.04. The second-order valence-corrected chi connectivity index (χ2v) is 5.77. The van der Waals surface area contributed by atoms with Gasteiger partial charge in [-0.05, 0) is 71.2 Å². The van der Waals surface area contributed by atoms with Gasteiger partial charge < -0.3 is 10.6 Å². The molecular formula is C15H14BrClN2O. The molecule has 0 saturated heterocycles. The molecule has 0 bridgehead atoms. The van der Waals surface area contributed by atoms with E-state index >= 15 is 0 Å². The van der Waals surface area contributed by atoms with Gasteiger partial charge in [0.25, 0.3) is 0 Å². The minimum Gasteiger partial charge on any atom is -0.308 e. The van der Waals surface area contributed by atoms with Crippen LogP contribution in [0, 0.1) is 13.8 Å². The number of halogens is 2. The van der Waals surface area contributed by atoms with Crippen LogP contribution in [-0.2, 0) is 0 Å². The zero-order chi connectivity index (χ0) is 14.7. The van der Waals surface area contributed by atoms with Gasteiger partial charge in [0.1, 0.15) is 0 Å². The molecule has 0 spiro atoms. The van der Waals surface area contributed by atoms with Gasteiger partial charge >= 0.3 is 6.03 Å². The normalized spacial score (nSPS) is 10.2. The molecule has 104 valence electrons. The van der Waals surface area contributed by atoms with Crippen LogP contribution < -0.4 is 10.6 Å². The third-order valence-electron chi connectivity index (χ3n) is 2.94. The predicted molar refractivity (Wildman–Crippen MR) is 87.7 cm³/mol. The molecule has 2 aromatic carbocycles. The molecule has 0 saturated carbocycles. The zero-order valence-electron chi connectivity index (χ0n) is 11.1. The van der Waals surface area contributed by atoms with Crippen LogP contribution >= 0.6 is 27.5 Å². The van der Waals surface area contributed by atoms with Crippen LogP contribution in [0.25, 0.3) is 0 Å². The Kier molecular flexibility index (Phi) is 4.68. The van der Waals surface area contributed by atoms with E-state index < -0.39 is 0 Å². The Morgan fingerprint density at radius 3 is 2.20 bits per heavy atom. The first-order chi connectivity index (χ1) is 9.45. The molecule has 5 heteroatoms. The average molecular weight is 354 g/mol. The number of carbonyl (C=O) groups is 1. The van der Waals surface area contributed by atoms with Crippen LogP contribution in [0.3, 0.4) is 0 Å². The number of carbonyl (C=O) groups excluding carboxylic acids is 1. The van der Waals surface area contributed by atoms with Crippen LogP contribution in [0.4, 0.5) is 16.2 Å². The molecule has 0 aliphatic carbocycles. The first-order valence-corrected chi connectivity index (χ1v) is 7.23. The molecule has 2 amide bonds. The van der Waals surface area contributed by atoms with Gasteiger partial charge in [-0.15, -0.1) is 0 Å². The van der Waals surface area contributed by atoms with Crippen molar-refractivity contribution < 1.29 is 4.79 Å². The van der Waals surface area contributed by atoms with E-state index in [0.29, 0.717) is 10.7 Å². The molecular weight excluding hydrogens is 340 g/mol. The molecule has 0 aromatic heterocycles. The number of aryl methyl sites for hydroxylation is 2. The van der Waals surface area contributed by atoms with Crippen molar-refractivity contribution in [1.82, 2.24) is 0 Å². The van der Waals surface area contributed by atoms with E-state index in [0.717, 1.165) is 15.7 Å². The quantitative estimate of drug-likeness (QED) is 0.749. The maximum atomic E-state index is 11.9. The maximum absolute atomic E-state index is 11.9. The molecule has 0 aliphatic heterocycles. The highest BCUT2D eigenvalue weighted by molar-refractivity contribution is 9.10. The Bertz CT molecular complexity index is 603. The summed E-state index contributed by atoms with van der Waals surface area (Å²) >= 11 is 9.28. The summed E-state index contributed by atoms with van der Waals surface area (Å²) < 4.78 is 0.791. The largest absolute Gasteiger partial charge is 0.323 e. The number of benzene rings is 2. The Morgan fingerprint density at radius 1 is 1.00 bits per heavy atom. The summed E-state index contributed by atoms with van der Waals surface area (Å²) in [5.74, 6) is 0. The highest BCUT2D eigenvalue weighted by Gasteiger charge is 2.05. The summed E-state index contributed by atoms with van der Waals surface area (Å²) in [6.45, 7) is 4.04. The van der Waals surface area contributed by atoms with Crippen LogP contribution in [0.5, 0.6) is 0 Å². The van der Waals surface area contributed by atoms with Crippen LogP contribution in [0.2, 0.25) is 5.02 Å².